The van der Waals surface area contributed by atoms with E-state index in [-0.39, 0.29) is 5.91 Å². The number of hydrogen-bond donors (Lipinski definition) is 1. The van der Waals surface area contributed by atoms with Gasteiger partial charge >= 0.3 is 0 Å². The van der Waals surface area contributed by atoms with Crippen molar-refractivity contribution in [2.45, 2.75) is 26.7 Å². The maximum atomic E-state index is 12.5. The van der Waals surface area contributed by atoms with Crippen LogP contribution >= 0.6 is 0 Å². The predicted molar refractivity (Wildman–Crippen MR) is 104 cm³/mol. The van der Waals surface area contributed by atoms with E-state index in [9.17, 15) is 4.79 Å². The third-order valence-corrected chi connectivity index (χ3v) is 4.85. The lowest BCUT2D eigenvalue weighted by molar-refractivity contribution is -0.131. The molecular formula is C20H27N5O. The average Bonchev–Trinajstić information content (AvgIpc) is 2.69. The number of nitrogens with one attached hydrogen (secondary N) is 1. The highest BCUT2D eigenvalue weighted by atomic mass is 16.2. The molecular weight excluding hydrogens is 326 g/mol. The summed E-state index contributed by atoms with van der Waals surface area (Å²) < 4.78 is 0. The molecule has 1 amide bonds. The second-order valence-corrected chi connectivity index (χ2v) is 6.56. The summed E-state index contributed by atoms with van der Waals surface area (Å²) in [5, 5.41) is 3.46. The normalized spacial score (nSPS) is 14.4. The quantitative estimate of drug-likeness (QED) is 0.865. The summed E-state index contributed by atoms with van der Waals surface area (Å²) >= 11 is 0. The van der Waals surface area contributed by atoms with Crippen molar-refractivity contribution in [2.75, 3.05) is 42.9 Å². The van der Waals surface area contributed by atoms with Crippen LogP contribution in [0.2, 0.25) is 0 Å². The summed E-state index contributed by atoms with van der Waals surface area (Å²) in [4.78, 5) is 25.1. The van der Waals surface area contributed by atoms with E-state index in [0.29, 0.717) is 13.0 Å². The van der Waals surface area contributed by atoms with E-state index in [1.807, 2.05) is 11.0 Å². The zero-order chi connectivity index (χ0) is 18.4. The van der Waals surface area contributed by atoms with Crippen molar-refractivity contribution in [3.8, 4) is 0 Å². The predicted octanol–water partition coefficient (Wildman–Crippen LogP) is 2.50. The van der Waals surface area contributed by atoms with Crippen LogP contribution in [0.1, 0.15) is 24.5 Å². The van der Waals surface area contributed by atoms with Crippen LogP contribution in [-0.2, 0) is 11.2 Å². The summed E-state index contributed by atoms with van der Waals surface area (Å²) in [5.41, 5.74) is 3.70. The topological polar surface area (TPSA) is 61.4 Å². The zero-order valence-electron chi connectivity index (χ0n) is 15.6. The van der Waals surface area contributed by atoms with E-state index < -0.39 is 0 Å². The molecule has 1 aromatic carbocycles. The Kier molecular flexibility index (Phi) is 6.04. The molecule has 6 heteroatoms. The van der Waals surface area contributed by atoms with Gasteiger partial charge in [-0.2, -0.15) is 0 Å². The first kappa shape index (κ1) is 18.2. The van der Waals surface area contributed by atoms with Gasteiger partial charge in [0.25, 0.3) is 0 Å². The molecule has 1 fully saturated rings. The second-order valence-electron chi connectivity index (χ2n) is 6.56. The molecule has 6 nitrogen and oxygen atoms in total. The number of aryl methyl sites for hydroxylation is 2. The van der Waals surface area contributed by atoms with Crippen LogP contribution < -0.4 is 10.2 Å². The van der Waals surface area contributed by atoms with Gasteiger partial charge in [-0.1, -0.05) is 25.1 Å². The minimum absolute atomic E-state index is 0.206. The van der Waals surface area contributed by atoms with Gasteiger partial charge in [0.2, 0.25) is 11.9 Å². The van der Waals surface area contributed by atoms with Crippen molar-refractivity contribution < 1.29 is 4.79 Å². The van der Waals surface area contributed by atoms with Crippen LogP contribution in [0, 0.1) is 6.92 Å². The molecule has 1 saturated heterocycles. The number of piperazine rings is 1. The second kappa shape index (κ2) is 8.65. The van der Waals surface area contributed by atoms with Crippen molar-refractivity contribution in [3.05, 3.63) is 47.8 Å². The van der Waals surface area contributed by atoms with Crippen molar-refractivity contribution in [2.24, 2.45) is 0 Å². The fraction of sp³-hybridized carbons (Fsp3) is 0.450. The highest BCUT2D eigenvalue weighted by Crippen LogP contribution is 2.21. The van der Waals surface area contributed by atoms with Crippen LogP contribution in [0.25, 0.3) is 0 Å². The number of para-hydroxylation sites is 1. The summed E-state index contributed by atoms with van der Waals surface area (Å²) in [6.45, 7) is 7.93. The molecule has 1 aliphatic heterocycles. The fourth-order valence-electron chi connectivity index (χ4n) is 3.34. The molecule has 3 rings (SSSR count). The first-order chi connectivity index (χ1) is 12.7. The van der Waals surface area contributed by atoms with Crippen molar-refractivity contribution in [1.29, 1.82) is 0 Å². The van der Waals surface area contributed by atoms with Crippen LogP contribution in [-0.4, -0.2) is 53.5 Å². The molecule has 0 bridgehead atoms. The van der Waals surface area contributed by atoms with Gasteiger partial charge in [-0.15, -0.1) is 0 Å². The zero-order valence-corrected chi connectivity index (χ0v) is 15.6. The Morgan fingerprint density at radius 1 is 1.12 bits per heavy atom. The van der Waals surface area contributed by atoms with Crippen LogP contribution in [0.4, 0.5) is 11.6 Å². The number of amides is 1. The monoisotopic (exact) mass is 353 g/mol. The molecule has 1 aromatic heterocycles. The van der Waals surface area contributed by atoms with Crippen molar-refractivity contribution in [1.82, 2.24) is 14.9 Å². The fourth-order valence-corrected chi connectivity index (χ4v) is 3.34. The Labute approximate surface area is 155 Å². The maximum absolute atomic E-state index is 12.5. The minimum atomic E-state index is 0.206. The maximum Gasteiger partial charge on any atom is 0.225 e. The lowest BCUT2D eigenvalue weighted by Crippen LogP contribution is -2.49. The third kappa shape index (κ3) is 4.31. The first-order valence-electron chi connectivity index (χ1n) is 9.31. The summed E-state index contributed by atoms with van der Waals surface area (Å²) in [6.07, 6.45) is 5.00. The number of carbonyl (C=O) groups excluding carboxylic acids is 1. The first-order valence-corrected chi connectivity index (χ1v) is 9.31. The molecule has 26 heavy (non-hydrogen) atoms. The van der Waals surface area contributed by atoms with E-state index >= 15 is 0 Å². The van der Waals surface area contributed by atoms with E-state index in [2.05, 4.69) is 52.2 Å². The van der Waals surface area contributed by atoms with E-state index in [1.54, 1.807) is 12.4 Å². The Hall–Kier alpha value is -2.63. The smallest absolute Gasteiger partial charge is 0.225 e. The van der Waals surface area contributed by atoms with Crippen LogP contribution in [0.5, 0.6) is 0 Å². The molecule has 2 aromatic rings. The number of aromatic nitrogens is 2. The Bertz CT molecular complexity index is 726. The number of hydrogen-bond acceptors (Lipinski definition) is 5. The molecule has 1 aliphatic rings. The van der Waals surface area contributed by atoms with Gasteiger partial charge in [-0.25, -0.2) is 9.97 Å². The van der Waals surface area contributed by atoms with Gasteiger partial charge in [-0.3, -0.25) is 4.79 Å². The van der Waals surface area contributed by atoms with Gasteiger partial charge in [0.1, 0.15) is 0 Å². The van der Waals surface area contributed by atoms with Gasteiger partial charge in [0.15, 0.2) is 0 Å². The third-order valence-electron chi connectivity index (χ3n) is 4.85. The highest BCUT2D eigenvalue weighted by molar-refractivity contribution is 5.77. The molecule has 138 valence electrons. The van der Waals surface area contributed by atoms with Gasteiger partial charge in [-0.05, 0) is 30.5 Å². The molecule has 0 aliphatic carbocycles. The summed E-state index contributed by atoms with van der Waals surface area (Å²) in [6, 6.07) is 8.14. The highest BCUT2D eigenvalue weighted by Gasteiger charge is 2.22. The lowest BCUT2D eigenvalue weighted by atomic mass is 10.1. The molecule has 0 saturated carbocycles. The standard InChI is InChI=1S/C20H27N5O/c1-3-17-7-4-6-16(2)19(17)21-11-8-18(26)24-12-14-25(15-13-24)20-22-9-5-10-23-20/h4-7,9-10,21H,3,8,11-15H2,1-2H3. The molecule has 0 spiro atoms. The lowest BCUT2D eigenvalue weighted by Gasteiger charge is -2.34. The number of benzene rings is 1. The Morgan fingerprint density at radius 3 is 2.54 bits per heavy atom. The summed E-state index contributed by atoms with van der Waals surface area (Å²) in [7, 11) is 0. The largest absolute Gasteiger partial charge is 0.384 e. The van der Waals surface area contributed by atoms with Crippen molar-refractivity contribution in [3.63, 3.8) is 0 Å². The van der Waals surface area contributed by atoms with Crippen LogP contribution in [0.3, 0.4) is 0 Å². The number of nitrogens with zero attached hydrogens (tertiary/aromatic N) is 4. The van der Waals surface area contributed by atoms with E-state index in [4.69, 9.17) is 0 Å². The van der Waals surface area contributed by atoms with E-state index in [1.165, 1.54) is 16.8 Å². The number of rotatable bonds is 6. The number of anilines is 2. The molecule has 2 heterocycles. The molecule has 0 atom stereocenters. The molecule has 0 unspecified atom stereocenters. The van der Waals surface area contributed by atoms with Gasteiger partial charge in [0.05, 0.1) is 0 Å². The Balaban J connectivity index is 1.47. The minimum Gasteiger partial charge on any atom is -0.384 e. The van der Waals surface area contributed by atoms with Crippen LogP contribution in [0.15, 0.2) is 36.7 Å². The number of carbonyl (C=O) groups is 1. The summed E-state index contributed by atoms with van der Waals surface area (Å²) in [5.74, 6) is 0.950. The molecule has 1 N–H and O–H groups in total. The average molecular weight is 353 g/mol. The van der Waals surface area contributed by atoms with Gasteiger partial charge in [0, 0.05) is 57.2 Å². The van der Waals surface area contributed by atoms with Gasteiger partial charge < -0.3 is 15.1 Å². The molecule has 0 radical (unpaired) electrons. The van der Waals surface area contributed by atoms with E-state index in [0.717, 1.165) is 38.5 Å². The van der Waals surface area contributed by atoms with Crippen molar-refractivity contribution >= 4 is 17.5 Å². The SMILES string of the molecule is CCc1cccc(C)c1NCCC(=O)N1CCN(c2ncccn2)CC1. The Morgan fingerprint density at radius 2 is 1.85 bits per heavy atom.